The fraction of sp³-hybridized carbons (Fsp3) is 0.133. The van der Waals surface area contributed by atoms with Crippen LogP contribution in [-0.4, -0.2) is 13.1 Å². The molecule has 0 saturated carbocycles. The Morgan fingerprint density at radius 2 is 2.05 bits per heavy atom. The summed E-state index contributed by atoms with van der Waals surface area (Å²) in [4.78, 5) is 11.1. The van der Waals surface area contributed by atoms with Crippen molar-refractivity contribution < 1.29 is 27.1 Å². The van der Waals surface area contributed by atoms with E-state index < -0.39 is 17.7 Å². The van der Waals surface area contributed by atoms with Crippen LogP contribution in [0, 0.1) is 0 Å². The standard InChI is InChI=1S/C15H11F3O3/c1-20-14(19)7-5-10-4-6-11(15(16,17)18)9-12(10)13-3-2-8-21-13/h2-9H,1H3. The number of hydrogen-bond acceptors (Lipinski definition) is 3. The number of halogens is 3. The van der Waals surface area contributed by atoms with E-state index in [4.69, 9.17) is 4.42 Å². The van der Waals surface area contributed by atoms with Crippen LogP contribution in [-0.2, 0) is 15.7 Å². The summed E-state index contributed by atoms with van der Waals surface area (Å²) >= 11 is 0. The van der Waals surface area contributed by atoms with Crippen molar-refractivity contribution in [2.24, 2.45) is 0 Å². The van der Waals surface area contributed by atoms with Crippen LogP contribution < -0.4 is 0 Å². The van der Waals surface area contributed by atoms with Gasteiger partial charge in [0.1, 0.15) is 5.76 Å². The lowest BCUT2D eigenvalue weighted by Gasteiger charge is -2.10. The van der Waals surface area contributed by atoms with Crippen LogP contribution in [0.3, 0.4) is 0 Å². The number of hydrogen-bond donors (Lipinski definition) is 0. The highest BCUT2D eigenvalue weighted by Crippen LogP contribution is 2.34. The Balaban J connectivity index is 2.50. The number of carbonyl (C=O) groups is 1. The van der Waals surface area contributed by atoms with Gasteiger partial charge in [-0.2, -0.15) is 13.2 Å². The third-order valence-corrected chi connectivity index (χ3v) is 2.77. The second-order valence-corrected chi connectivity index (χ2v) is 4.13. The van der Waals surface area contributed by atoms with Gasteiger partial charge in [0.15, 0.2) is 0 Å². The first-order valence-corrected chi connectivity index (χ1v) is 5.93. The SMILES string of the molecule is COC(=O)C=Cc1ccc(C(F)(F)F)cc1-c1ccco1. The van der Waals surface area contributed by atoms with Gasteiger partial charge in [0, 0.05) is 11.6 Å². The molecule has 0 fully saturated rings. The molecular weight excluding hydrogens is 285 g/mol. The van der Waals surface area contributed by atoms with Crippen LogP contribution in [0.15, 0.2) is 47.1 Å². The van der Waals surface area contributed by atoms with Gasteiger partial charge in [0.2, 0.25) is 0 Å². The average molecular weight is 296 g/mol. The number of rotatable bonds is 3. The van der Waals surface area contributed by atoms with Gasteiger partial charge in [0.05, 0.1) is 18.9 Å². The van der Waals surface area contributed by atoms with Crippen molar-refractivity contribution in [2.45, 2.75) is 6.18 Å². The smallest absolute Gasteiger partial charge is 0.416 e. The quantitative estimate of drug-likeness (QED) is 0.631. The van der Waals surface area contributed by atoms with E-state index in [0.717, 1.165) is 18.2 Å². The predicted octanol–water partition coefficient (Wildman–Crippen LogP) is 4.15. The van der Waals surface area contributed by atoms with Gasteiger partial charge in [-0.05, 0) is 35.9 Å². The average Bonchev–Trinajstić information content (AvgIpc) is 2.97. The van der Waals surface area contributed by atoms with Gasteiger partial charge < -0.3 is 9.15 Å². The van der Waals surface area contributed by atoms with E-state index in [1.807, 2.05) is 0 Å². The van der Waals surface area contributed by atoms with Gasteiger partial charge in [-0.15, -0.1) is 0 Å². The lowest BCUT2D eigenvalue weighted by atomic mass is 10.0. The summed E-state index contributed by atoms with van der Waals surface area (Å²) in [6, 6.07) is 6.33. The van der Waals surface area contributed by atoms with Crippen LogP contribution >= 0.6 is 0 Å². The van der Waals surface area contributed by atoms with Crippen LogP contribution in [0.2, 0.25) is 0 Å². The van der Waals surface area contributed by atoms with Crippen molar-refractivity contribution in [3.63, 3.8) is 0 Å². The van der Waals surface area contributed by atoms with Crippen LogP contribution in [0.5, 0.6) is 0 Å². The molecule has 0 aliphatic rings. The van der Waals surface area contributed by atoms with Crippen molar-refractivity contribution in [2.75, 3.05) is 7.11 Å². The minimum atomic E-state index is -4.45. The lowest BCUT2D eigenvalue weighted by molar-refractivity contribution is -0.137. The molecule has 2 aromatic rings. The third kappa shape index (κ3) is 3.53. The number of alkyl halides is 3. The van der Waals surface area contributed by atoms with Crippen LogP contribution in [0.4, 0.5) is 13.2 Å². The molecule has 0 spiro atoms. The first-order valence-electron chi connectivity index (χ1n) is 5.93. The molecule has 1 aromatic carbocycles. The summed E-state index contributed by atoms with van der Waals surface area (Å²) in [6.45, 7) is 0. The molecule has 1 aromatic heterocycles. The Bertz CT molecular complexity index is 655. The molecule has 0 N–H and O–H groups in total. The van der Waals surface area contributed by atoms with Crippen LogP contribution in [0.1, 0.15) is 11.1 Å². The van der Waals surface area contributed by atoms with E-state index in [2.05, 4.69) is 4.74 Å². The van der Waals surface area contributed by atoms with E-state index in [1.165, 1.54) is 25.5 Å². The molecule has 0 amide bonds. The van der Waals surface area contributed by atoms with Crippen molar-refractivity contribution in [1.29, 1.82) is 0 Å². The minimum Gasteiger partial charge on any atom is -0.466 e. The highest BCUT2D eigenvalue weighted by atomic mass is 19.4. The molecule has 0 unspecified atom stereocenters. The van der Waals surface area contributed by atoms with Gasteiger partial charge in [0.25, 0.3) is 0 Å². The normalized spacial score (nSPS) is 11.8. The summed E-state index contributed by atoms with van der Waals surface area (Å²) in [5.74, 6) is -0.314. The zero-order chi connectivity index (χ0) is 15.5. The summed E-state index contributed by atoms with van der Waals surface area (Å²) in [5, 5.41) is 0. The minimum absolute atomic E-state index is 0.245. The zero-order valence-corrected chi connectivity index (χ0v) is 11.0. The zero-order valence-electron chi connectivity index (χ0n) is 11.0. The van der Waals surface area contributed by atoms with Gasteiger partial charge in [-0.25, -0.2) is 4.79 Å². The Kier molecular flexibility index (Phi) is 4.16. The maximum absolute atomic E-state index is 12.8. The highest BCUT2D eigenvalue weighted by molar-refractivity contribution is 5.88. The number of ether oxygens (including phenoxy) is 1. The van der Waals surface area contributed by atoms with Gasteiger partial charge >= 0.3 is 12.1 Å². The highest BCUT2D eigenvalue weighted by Gasteiger charge is 2.31. The third-order valence-electron chi connectivity index (χ3n) is 2.77. The molecular formula is C15H11F3O3. The second-order valence-electron chi connectivity index (χ2n) is 4.13. The molecule has 21 heavy (non-hydrogen) atoms. The number of methoxy groups -OCH3 is 1. The maximum atomic E-state index is 12.8. The Hall–Kier alpha value is -2.50. The van der Waals surface area contributed by atoms with E-state index in [1.54, 1.807) is 12.1 Å². The lowest BCUT2D eigenvalue weighted by Crippen LogP contribution is -2.05. The molecule has 3 nitrogen and oxygen atoms in total. The van der Waals surface area contributed by atoms with Crippen molar-refractivity contribution in [3.8, 4) is 11.3 Å². The predicted molar refractivity (Wildman–Crippen MR) is 70.2 cm³/mol. The molecule has 0 aliphatic heterocycles. The first-order chi connectivity index (χ1) is 9.91. The topological polar surface area (TPSA) is 39.4 Å². The Labute approximate surface area is 118 Å². The first kappa shape index (κ1) is 14.9. The molecule has 0 radical (unpaired) electrons. The Morgan fingerprint density at radius 1 is 1.29 bits per heavy atom. The monoisotopic (exact) mass is 296 g/mol. The van der Waals surface area contributed by atoms with Crippen molar-refractivity contribution >= 4 is 12.0 Å². The molecule has 2 rings (SSSR count). The van der Waals surface area contributed by atoms with Crippen molar-refractivity contribution in [3.05, 3.63) is 53.8 Å². The van der Waals surface area contributed by atoms with E-state index in [0.29, 0.717) is 5.56 Å². The summed E-state index contributed by atoms with van der Waals surface area (Å²) in [5.41, 5.74) is -0.123. The molecule has 6 heteroatoms. The summed E-state index contributed by atoms with van der Waals surface area (Å²) in [7, 11) is 1.22. The summed E-state index contributed by atoms with van der Waals surface area (Å²) < 4.78 is 48.0. The molecule has 0 saturated heterocycles. The van der Waals surface area contributed by atoms with E-state index in [-0.39, 0.29) is 11.3 Å². The van der Waals surface area contributed by atoms with Gasteiger partial charge in [-0.1, -0.05) is 6.07 Å². The molecule has 0 atom stereocenters. The molecule has 110 valence electrons. The number of benzene rings is 1. The number of carbonyl (C=O) groups excluding carboxylic acids is 1. The fourth-order valence-corrected chi connectivity index (χ4v) is 1.75. The molecule has 0 bridgehead atoms. The number of furan rings is 1. The molecule has 0 aliphatic carbocycles. The van der Waals surface area contributed by atoms with E-state index in [9.17, 15) is 18.0 Å². The maximum Gasteiger partial charge on any atom is 0.416 e. The second kappa shape index (κ2) is 5.87. The van der Waals surface area contributed by atoms with Gasteiger partial charge in [-0.3, -0.25) is 0 Å². The Morgan fingerprint density at radius 3 is 2.62 bits per heavy atom. The largest absolute Gasteiger partial charge is 0.466 e. The molecule has 1 heterocycles. The number of esters is 1. The van der Waals surface area contributed by atoms with E-state index >= 15 is 0 Å². The van der Waals surface area contributed by atoms with Crippen LogP contribution in [0.25, 0.3) is 17.4 Å². The summed E-state index contributed by atoms with van der Waals surface area (Å²) in [6.07, 6.45) is -0.575. The van der Waals surface area contributed by atoms with Crippen molar-refractivity contribution in [1.82, 2.24) is 0 Å². The fourth-order valence-electron chi connectivity index (χ4n) is 1.75.